The number of anilines is 2. The highest BCUT2D eigenvalue weighted by molar-refractivity contribution is 7.19. The Hall–Kier alpha value is -2.50. The number of ether oxygens (including phenoxy) is 2. The van der Waals surface area contributed by atoms with Crippen molar-refractivity contribution in [1.82, 2.24) is 9.97 Å². The summed E-state index contributed by atoms with van der Waals surface area (Å²) in [6.45, 7) is 12.5. The van der Waals surface area contributed by atoms with Crippen molar-refractivity contribution in [1.29, 1.82) is 0 Å². The highest BCUT2D eigenvalue weighted by Crippen LogP contribution is 2.37. The van der Waals surface area contributed by atoms with Crippen molar-refractivity contribution in [3.05, 3.63) is 51.5 Å². The first-order valence-corrected chi connectivity index (χ1v) is 14.2. The number of thiophene rings is 1. The number of hydrogen-bond donors (Lipinski definition) is 1. The molecule has 39 heavy (non-hydrogen) atoms. The maximum absolute atomic E-state index is 12.3. The predicted molar refractivity (Wildman–Crippen MR) is 156 cm³/mol. The lowest BCUT2D eigenvalue weighted by Gasteiger charge is -2.32. The molecule has 0 aliphatic carbocycles. The average Bonchev–Trinajstić information content (AvgIpc) is 3.40. The Morgan fingerprint density at radius 2 is 1.85 bits per heavy atom. The van der Waals surface area contributed by atoms with E-state index < -0.39 is 18.3 Å². The van der Waals surface area contributed by atoms with Crippen LogP contribution < -0.4 is 10.8 Å². The number of esters is 1. The van der Waals surface area contributed by atoms with Crippen molar-refractivity contribution < 1.29 is 23.6 Å². The van der Waals surface area contributed by atoms with E-state index in [0.29, 0.717) is 16.8 Å². The van der Waals surface area contributed by atoms with Gasteiger partial charge in [-0.2, -0.15) is 0 Å². The summed E-state index contributed by atoms with van der Waals surface area (Å²) >= 11 is 7.60. The van der Waals surface area contributed by atoms with Crippen molar-refractivity contribution in [3.63, 3.8) is 0 Å². The van der Waals surface area contributed by atoms with Gasteiger partial charge in [0.15, 0.2) is 5.82 Å². The Labute approximate surface area is 239 Å². The van der Waals surface area contributed by atoms with Gasteiger partial charge in [0.1, 0.15) is 12.4 Å². The summed E-state index contributed by atoms with van der Waals surface area (Å²) in [6, 6.07) is 9.61. The molecule has 1 aromatic carbocycles. The summed E-state index contributed by atoms with van der Waals surface area (Å²) in [4.78, 5) is 22.7. The van der Waals surface area contributed by atoms with Crippen LogP contribution in [0.25, 0.3) is 10.7 Å². The lowest BCUT2D eigenvalue weighted by molar-refractivity contribution is -0.145. The molecule has 1 saturated heterocycles. The van der Waals surface area contributed by atoms with Crippen LogP contribution in [-0.4, -0.2) is 48.0 Å². The molecular formula is C28H35BClN3O5S. The Balaban J connectivity index is 1.68. The van der Waals surface area contributed by atoms with E-state index in [-0.39, 0.29) is 19.0 Å². The number of carbonyl (C=O) groups is 1. The minimum absolute atomic E-state index is 0.0693. The number of benzene rings is 1. The van der Waals surface area contributed by atoms with Gasteiger partial charge in [0.25, 0.3) is 0 Å². The Kier molecular flexibility index (Phi) is 9.03. The third-order valence-electron chi connectivity index (χ3n) is 7.17. The third-order valence-corrected chi connectivity index (χ3v) is 8.40. The number of rotatable bonds is 10. The van der Waals surface area contributed by atoms with E-state index >= 15 is 0 Å². The van der Waals surface area contributed by atoms with Crippen molar-refractivity contribution in [2.45, 2.75) is 72.2 Å². The van der Waals surface area contributed by atoms with Crippen LogP contribution in [0.5, 0.6) is 0 Å². The quantitative estimate of drug-likeness (QED) is 0.239. The lowest BCUT2D eigenvalue weighted by atomic mass is 9.76. The topological polar surface area (TPSA) is 91.8 Å². The summed E-state index contributed by atoms with van der Waals surface area (Å²) in [5.74, 6) is 0.996. The minimum atomic E-state index is -0.598. The van der Waals surface area contributed by atoms with Crippen LogP contribution in [0, 0.1) is 6.92 Å². The van der Waals surface area contributed by atoms with Crippen LogP contribution in [0.2, 0.25) is 4.34 Å². The summed E-state index contributed by atoms with van der Waals surface area (Å²) in [6.07, 6.45) is 0.936. The van der Waals surface area contributed by atoms with Gasteiger partial charge in [-0.25, -0.2) is 9.97 Å². The first kappa shape index (κ1) is 29.5. The molecule has 208 valence electrons. The number of methoxy groups -OCH3 is 1. The molecule has 2 aromatic heterocycles. The van der Waals surface area contributed by atoms with Gasteiger partial charge in [0.05, 0.1) is 33.4 Å². The molecule has 1 N–H and O–H groups in total. The van der Waals surface area contributed by atoms with Gasteiger partial charge in [-0.1, -0.05) is 24.6 Å². The normalized spacial score (nSPS) is 15.9. The molecule has 0 unspecified atom stereocenters. The molecule has 0 atom stereocenters. The van der Waals surface area contributed by atoms with Gasteiger partial charge >= 0.3 is 13.1 Å². The lowest BCUT2D eigenvalue weighted by Crippen LogP contribution is -2.41. The molecule has 1 aliphatic heterocycles. The smallest absolute Gasteiger partial charge is 0.461 e. The minimum Gasteiger partial charge on any atom is -0.461 e. The number of nitrogens with one attached hydrogen (secondary N) is 1. The fraction of sp³-hybridized carbons (Fsp3) is 0.464. The fourth-order valence-electron chi connectivity index (χ4n) is 4.23. The van der Waals surface area contributed by atoms with Crippen LogP contribution in [-0.2, 0) is 36.6 Å². The molecule has 3 heterocycles. The van der Waals surface area contributed by atoms with Crippen LogP contribution in [0.15, 0.2) is 30.3 Å². The number of hydrogen-bond acceptors (Lipinski definition) is 9. The van der Waals surface area contributed by atoms with E-state index in [0.717, 1.165) is 45.1 Å². The maximum Gasteiger partial charge on any atom is 0.495 e. The van der Waals surface area contributed by atoms with E-state index in [4.69, 9.17) is 40.4 Å². The highest BCUT2D eigenvalue weighted by atomic mass is 35.5. The molecular weight excluding hydrogens is 537 g/mol. The third kappa shape index (κ3) is 6.64. The fourth-order valence-corrected chi connectivity index (χ4v) is 5.21. The molecule has 11 heteroatoms. The Morgan fingerprint density at radius 3 is 2.46 bits per heavy atom. The average molecular weight is 572 g/mol. The largest absolute Gasteiger partial charge is 0.495 e. The second kappa shape index (κ2) is 11.9. The summed E-state index contributed by atoms with van der Waals surface area (Å²) < 4.78 is 23.9. The predicted octanol–water partition coefficient (Wildman–Crippen LogP) is 5.85. The Bertz CT molecular complexity index is 1330. The zero-order valence-corrected chi connectivity index (χ0v) is 25.1. The standard InChI is InChI=1S/C28H35BClN3O5S/c1-8-20-17(2)31-26(22-11-12-23(30)39-22)33-25(20)32-19-9-10-21(29-37-27(3,4)28(5,6)38-29)18(15-19)16-36-24(34)13-14-35-7/h9-12,15H,8,13-14,16H2,1-7H3,(H,31,32,33). The van der Waals surface area contributed by atoms with E-state index in [9.17, 15) is 4.79 Å². The summed E-state index contributed by atoms with van der Waals surface area (Å²) in [5.41, 5.74) is 3.29. The number of nitrogens with zero attached hydrogens (tertiary/aromatic N) is 2. The van der Waals surface area contributed by atoms with Gasteiger partial charge in [-0.15, -0.1) is 11.3 Å². The number of aromatic nitrogens is 2. The van der Waals surface area contributed by atoms with Crippen LogP contribution in [0.1, 0.15) is 57.9 Å². The molecule has 0 saturated carbocycles. The zero-order chi connectivity index (χ0) is 28.4. The van der Waals surface area contributed by atoms with Gasteiger partial charge in [0, 0.05) is 24.1 Å². The molecule has 8 nitrogen and oxygen atoms in total. The van der Waals surface area contributed by atoms with Crippen molar-refractivity contribution in [3.8, 4) is 10.7 Å². The van der Waals surface area contributed by atoms with Gasteiger partial charge in [0.2, 0.25) is 0 Å². The first-order valence-electron chi connectivity index (χ1n) is 13.0. The molecule has 0 spiro atoms. The molecule has 1 fully saturated rings. The van der Waals surface area contributed by atoms with E-state index in [1.165, 1.54) is 11.3 Å². The summed E-state index contributed by atoms with van der Waals surface area (Å²) in [7, 11) is 0.954. The Morgan fingerprint density at radius 1 is 1.13 bits per heavy atom. The van der Waals surface area contributed by atoms with Crippen LogP contribution in [0.3, 0.4) is 0 Å². The van der Waals surface area contributed by atoms with Crippen molar-refractivity contribution in [2.75, 3.05) is 19.0 Å². The summed E-state index contributed by atoms with van der Waals surface area (Å²) in [5, 5.41) is 3.47. The van der Waals surface area contributed by atoms with Gasteiger partial charge < -0.3 is 24.1 Å². The second-order valence-electron chi connectivity index (χ2n) is 10.4. The maximum atomic E-state index is 12.3. The van der Waals surface area contributed by atoms with Crippen molar-refractivity contribution in [2.24, 2.45) is 0 Å². The first-order chi connectivity index (χ1) is 18.4. The van der Waals surface area contributed by atoms with Gasteiger partial charge in [-0.05, 0) is 76.3 Å². The van der Waals surface area contributed by atoms with E-state index in [1.807, 2.05) is 65.0 Å². The second-order valence-corrected chi connectivity index (χ2v) is 12.2. The molecule has 0 bridgehead atoms. The highest BCUT2D eigenvalue weighted by Gasteiger charge is 2.52. The van der Waals surface area contributed by atoms with Crippen LogP contribution in [0.4, 0.5) is 11.5 Å². The van der Waals surface area contributed by atoms with Crippen molar-refractivity contribution >= 4 is 53.0 Å². The molecule has 0 amide bonds. The van der Waals surface area contributed by atoms with Gasteiger partial charge in [-0.3, -0.25) is 4.79 Å². The molecule has 1 aliphatic rings. The molecule has 3 aromatic rings. The molecule has 0 radical (unpaired) electrons. The van der Waals surface area contributed by atoms with E-state index in [1.54, 1.807) is 7.11 Å². The number of halogens is 1. The number of carbonyl (C=O) groups excluding carboxylic acids is 1. The zero-order valence-electron chi connectivity index (χ0n) is 23.5. The number of aryl methyl sites for hydroxylation is 1. The van der Waals surface area contributed by atoms with Crippen LogP contribution >= 0.6 is 22.9 Å². The van der Waals surface area contributed by atoms with E-state index in [2.05, 4.69) is 12.2 Å². The molecule has 4 rings (SSSR count). The monoisotopic (exact) mass is 571 g/mol. The SMILES string of the molecule is CCc1c(C)nc(-c2ccc(Cl)s2)nc1Nc1ccc(B2OC(C)(C)C(C)(C)O2)c(COC(=O)CCOC)c1.